The second kappa shape index (κ2) is 4.96. The van der Waals surface area contributed by atoms with Crippen LogP contribution in [0.15, 0.2) is 12.1 Å². The van der Waals surface area contributed by atoms with Crippen LogP contribution >= 0.6 is 7.60 Å². The largest absolute Gasteiger partial charge is 0.399 e. The minimum absolute atomic E-state index is 0.214. The number of halogens is 2. The van der Waals surface area contributed by atoms with Gasteiger partial charge in [0.2, 0.25) is 0 Å². The number of hydrogen-bond donors (Lipinski definition) is 3. The van der Waals surface area contributed by atoms with Crippen molar-refractivity contribution in [3.63, 3.8) is 0 Å². The molecule has 0 aliphatic heterocycles. The molecule has 4 nitrogen and oxygen atoms in total. The Morgan fingerprint density at radius 1 is 1.22 bits per heavy atom. The van der Waals surface area contributed by atoms with Crippen molar-refractivity contribution in [1.82, 2.24) is 0 Å². The molecule has 0 aliphatic carbocycles. The van der Waals surface area contributed by atoms with Gasteiger partial charge in [0.25, 0.3) is 0 Å². The van der Waals surface area contributed by atoms with Crippen molar-refractivity contribution >= 4 is 13.3 Å². The number of nitrogen functional groups attached to an aromatic ring is 1. The lowest BCUT2D eigenvalue weighted by atomic mass is 9.95. The molecule has 0 amide bonds. The van der Waals surface area contributed by atoms with Gasteiger partial charge in [0.05, 0.1) is 0 Å². The first-order valence-corrected chi connectivity index (χ1v) is 7.12. The van der Waals surface area contributed by atoms with Crippen molar-refractivity contribution in [2.45, 2.75) is 32.4 Å². The van der Waals surface area contributed by atoms with E-state index in [1.54, 1.807) is 13.8 Å². The van der Waals surface area contributed by atoms with Gasteiger partial charge in [-0.1, -0.05) is 13.8 Å². The van der Waals surface area contributed by atoms with Gasteiger partial charge in [-0.15, -0.1) is 0 Å². The molecule has 0 bridgehead atoms. The molecule has 0 heterocycles. The maximum absolute atomic E-state index is 13.8. The van der Waals surface area contributed by atoms with Crippen LogP contribution in [0.2, 0.25) is 0 Å². The predicted molar refractivity (Wildman–Crippen MR) is 65.5 cm³/mol. The average molecular weight is 279 g/mol. The summed E-state index contributed by atoms with van der Waals surface area (Å²) in [5, 5.41) is 0. The maximum Gasteiger partial charge on any atom is 0.399 e. The fraction of sp³-hybridized carbons (Fsp3) is 0.455. The molecule has 0 fully saturated rings. The first kappa shape index (κ1) is 15.1. The predicted octanol–water partition coefficient (Wildman–Crippen LogP) is 2.62. The molecule has 1 aromatic rings. The number of anilines is 1. The highest BCUT2D eigenvalue weighted by Gasteiger charge is 2.51. The summed E-state index contributed by atoms with van der Waals surface area (Å²) in [6, 6.07) is 2.25. The molecular weight excluding hydrogens is 263 g/mol. The third kappa shape index (κ3) is 2.41. The Morgan fingerprint density at radius 2 is 1.72 bits per heavy atom. The van der Waals surface area contributed by atoms with Gasteiger partial charge in [-0.2, -0.15) is 8.78 Å². The zero-order chi connectivity index (χ0) is 14.1. The second-order valence-corrected chi connectivity index (χ2v) is 5.60. The first-order valence-electron chi connectivity index (χ1n) is 5.50. The van der Waals surface area contributed by atoms with Gasteiger partial charge < -0.3 is 15.5 Å². The maximum atomic E-state index is 13.8. The van der Waals surface area contributed by atoms with Gasteiger partial charge >= 0.3 is 13.3 Å². The van der Waals surface area contributed by atoms with Crippen LogP contribution in [0, 0.1) is 0 Å². The Labute approximate surface area is 104 Å². The molecule has 18 heavy (non-hydrogen) atoms. The molecule has 102 valence electrons. The highest BCUT2D eigenvalue weighted by molar-refractivity contribution is 7.52. The summed E-state index contributed by atoms with van der Waals surface area (Å²) in [6.07, 6.45) is 0.666. The molecule has 7 heteroatoms. The summed E-state index contributed by atoms with van der Waals surface area (Å²) in [7, 11) is -5.55. The number of alkyl halides is 2. The molecule has 1 aromatic carbocycles. The Hall–Kier alpha value is -0.970. The summed E-state index contributed by atoms with van der Waals surface area (Å²) in [5.41, 5.74) is 1.96. The zero-order valence-corrected chi connectivity index (χ0v) is 11.0. The summed E-state index contributed by atoms with van der Waals surface area (Å²) in [4.78, 5) is 17.6. The number of rotatable bonds is 4. The van der Waals surface area contributed by atoms with Crippen molar-refractivity contribution in [1.29, 1.82) is 0 Å². The van der Waals surface area contributed by atoms with Crippen molar-refractivity contribution in [3.8, 4) is 0 Å². The van der Waals surface area contributed by atoms with E-state index in [9.17, 15) is 13.3 Å². The van der Waals surface area contributed by atoms with Crippen LogP contribution in [0.1, 0.15) is 30.5 Å². The standard InChI is InChI=1S/C11H16F2NO3P/c1-3-7-8(4-2)10(14)6-5-9(7)11(12,13)18(15,16)17/h5-6H,3-4,14H2,1-2H3,(H2,15,16,17). The van der Waals surface area contributed by atoms with Crippen molar-refractivity contribution in [3.05, 3.63) is 28.8 Å². The van der Waals surface area contributed by atoms with Crippen LogP contribution in [0.25, 0.3) is 0 Å². The third-order valence-electron chi connectivity index (χ3n) is 2.86. The lowest BCUT2D eigenvalue weighted by Crippen LogP contribution is -2.18. The Kier molecular flexibility index (Phi) is 4.15. The van der Waals surface area contributed by atoms with Crippen LogP contribution < -0.4 is 5.73 Å². The van der Waals surface area contributed by atoms with Gasteiger partial charge in [-0.25, -0.2) is 0 Å². The fourth-order valence-electron chi connectivity index (χ4n) is 1.97. The lowest BCUT2D eigenvalue weighted by Gasteiger charge is -2.23. The Bertz CT molecular complexity index is 499. The van der Waals surface area contributed by atoms with Gasteiger partial charge in [0.15, 0.2) is 0 Å². The van der Waals surface area contributed by atoms with Gasteiger partial charge in [-0.05, 0) is 36.1 Å². The summed E-state index contributed by atoms with van der Waals surface area (Å²) in [6.45, 7) is 3.40. The fourth-order valence-corrected chi connectivity index (χ4v) is 2.49. The summed E-state index contributed by atoms with van der Waals surface area (Å²) >= 11 is 0. The monoisotopic (exact) mass is 279 g/mol. The van der Waals surface area contributed by atoms with Gasteiger partial charge in [-0.3, -0.25) is 4.57 Å². The van der Waals surface area contributed by atoms with Crippen LogP contribution in [0.4, 0.5) is 14.5 Å². The van der Waals surface area contributed by atoms with E-state index >= 15 is 0 Å². The molecular formula is C11H16F2NO3P. The molecule has 0 saturated heterocycles. The number of hydrogen-bond acceptors (Lipinski definition) is 2. The Morgan fingerprint density at radius 3 is 2.11 bits per heavy atom. The molecule has 1 rings (SSSR count). The topological polar surface area (TPSA) is 83.6 Å². The quantitative estimate of drug-likeness (QED) is 0.584. The van der Waals surface area contributed by atoms with Crippen LogP contribution in [-0.4, -0.2) is 9.79 Å². The van der Waals surface area contributed by atoms with Gasteiger partial charge in [0, 0.05) is 11.3 Å². The average Bonchev–Trinajstić information content (AvgIpc) is 2.26. The number of nitrogens with two attached hydrogens (primary N) is 1. The minimum atomic E-state index is -5.55. The number of benzene rings is 1. The highest BCUT2D eigenvalue weighted by Crippen LogP contribution is 2.60. The molecule has 0 aromatic heterocycles. The van der Waals surface area contributed by atoms with Crippen molar-refractivity contribution in [2.24, 2.45) is 0 Å². The van der Waals surface area contributed by atoms with E-state index in [1.165, 1.54) is 6.07 Å². The highest BCUT2D eigenvalue weighted by atomic mass is 31.2. The molecule has 0 spiro atoms. The SMILES string of the molecule is CCc1c(N)ccc(C(F)(F)P(=O)(O)O)c1CC. The second-order valence-electron chi connectivity index (χ2n) is 3.95. The normalized spacial score (nSPS) is 12.8. The summed E-state index contributed by atoms with van der Waals surface area (Å²) < 4.78 is 38.4. The molecule has 0 atom stereocenters. The Balaban J connectivity index is 3.57. The molecule has 0 aliphatic rings. The molecule has 0 radical (unpaired) electrons. The van der Waals surface area contributed by atoms with Crippen LogP contribution in [0.5, 0.6) is 0 Å². The van der Waals surface area contributed by atoms with E-state index in [2.05, 4.69) is 0 Å². The van der Waals surface area contributed by atoms with Crippen molar-refractivity contribution < 1.29 is 23.1 Å². The molecule has 4 N–H and O–H groups in total. The van der Waals surface area contributed by atoms with Crippen LogP contribution in [-0.2, 0) is 23.1 Å². The minimum Gasteiger partial charge on any atom is -0.398 e. The van der Waals surface area contributed by atoms with E-state index in [-0.39, 0.29) is 12.0 Å². The molecule has 0 saturated carbocycles. The smallest absolute Gasteiger partial charge is 0.398 e. The van der Waals surface area contributed by atoms with E-state index in [1.807, 2.05) is 0 Å². The zero-order valence-electron chi connectivity index (χ0n) is 10.2. The van der Waals surface area contributed by atoms with E-state index in [4.69, 9.17) is 15.5 Å². The summed E-state index contributed by atoms with van der Waals surface area (Å²) in [5.74, 6) is 0. The van der Waals surface area contributed by atoms with E-state index in [0.717, 1.165) is 6.07 Å². The van der Waals surface area contributed by atoms with Crippen LogP contribution in [0.3, 0.4) is 0 Å². The van der Waals surface area contributed by atoms with Gasteiger partial charge in [0.1, 0.15) is 0 Å². The third-order valence-corrected chi connectivity index (χ3v) is 3.84. The lowest BCUT2D eigenvalue weighted by molar-refractivity contribution is 0.0555. The van der Waals surface area contributed by atoms with E-state index < -0.39 is 18.8 Å². The molecule has 0 unspecified atom stereocenters. The van der Waals surface area contributed by atoms with E-state index in [0.29, 0.717) is 17.7 Å². The van der Waals surface area contributed by atoms with Crippen molar-refractivity contribution in [2.75, 3.05) is 5.73 Å². The first-order chi connectivity index (χ1) is 8.16.